The van der Waals surface area contributed by atoms with E-state index in [1.54, 1.807) is 0 Å². The third-order valence-electron chi connectivity index (χ3n) is 6.63. The largest absolute Gasteiger partial charge is 0.494 e. The Labute approximate surface area is 222 Å². The van der Waals surface area contributed by atoms with Crippen LogP contribution in [0.2, 0.25) is 0 Å². The summed E-state index contributed by atoms with van der Waals surface area (Å²) in [6.45, 7) is 4.72. The third-order valence-corrected chi connectivity index (χ3v) is 6.63. The Bertz CT molecular complexity index is 1490. The summed E-state index contributed by atoms with van der Waals surface area (Å²) in [7, 11) is 0. The van der Waals surface area contributed by atoms with Crippen molar-refractivity contribution in [3.05, 3.63) is 96.1 Å². The molecule has 0 saturated heterocycles. The predicted molar refractivity (Wildman–Crippen MR) is 151 cm³/mol. The molecular weight excluding hydrogens is 474 g/mol. The lowest BCUT2D eigenvalue weighted by Crippen LogP contribution is -1.99. The monoisotopic (exact) mass is 505 g/mol. The summed E-state index contributed by atoms with van der Waals surface area (Å²) in [5, 5.41) is 10.9. The molecule has 0 unspecified atom stereocenters. The molecule has 0 aliphatic carbocycles. The van der Waals surface area contributed by atoms with E-state index in [1.165, 1.54) is 11.1 Å². The number of aryl methyl sites for hydroxylation is 2. The van der Waals surface area contributed by atoms with Crippen molar-refractivity contribution in [2.45, 2.75) is 39.5 Å². The van der Waals surface area contributed by atoms with Crippen LogP contribution >= 0.6 is 0 Å². The van der Waals surface area contributed by atoms with Crippen molar-refractivity contribution in [1.29, 1.82) is 0 Å². The van der Waals surface area contributed by atoms with E-state index in [0.717, 1.165) is 57.5 Å². The van der Waals surface area contributed by atoms with Crippen LogP contribution in [0.5, 0.6) is 5.75 Å². The molecule has 5 heteroatoms. The molecule has 0 amide bonds. The Morgan fingerprint density at radius 1 is 0.763 bits per heavy atom. The number of aliphatic carboxylic acids is 1. The second-order valence-electron chi connectivity index (χ2n) is 9.71. The first-order valence-electron chi connectivity index (χ1n) is 13.0. The van der Waals surface area contributed by atoms with E-state index in [1.807, 2.05) is 24.3 Å². The highest BCUT2D eigenvalue weighted by Gasteiger charge is 2.18. The van der Waals surface area contributed by atoms with E-state index in [9.17, 15) is 4.79 Å². The lowest BCUT2D eigenvalue weighted by molar-refractivity contribution is -0.137. The molecule has 1 aromatic heterocycles. The number of rotatable bonds is 10. The van der Waals surface area contributed by atoms with E-state index in [4.69, 9.17) is 19.2 Å². The number of unbranched alkanes of at least 4 members (excludes halogenated alkanes) is 2. The topological polar surface area (TPSA) is 72.6 Å². The first-order chi connectivity index (χ1) is 18.5. The predicted octanol–water partition coefficient (Wildman–Crippen LogP) is 8.47. The summed E-state index contributed by atoms with van der Waals surface area (Å²) in [6, 6.07) is 28.9. The van der Waals surface area contributed by atoms with Gasteiger partial charge in [0.25, 0.3) is 0 Å². The number of oxazole rings is 1. The summed E-state index contributed by atoms with van der Waals surface area (Å²) in [5.74, 6) is 1.40. The van der Waals surface area contributed by atoms with Gasteiger partial charge in [0, 0.05) is 23.1 Å². The van der Waals surface area contributed by atoms with Gasteiger partial charge in [0.05, 0.1) is 6.61 Å². The second kappa shape index (κ2) is 11.3. The zero-order valence-electron chi connectivity index (χ0n) is 21.7. The lowest BCUT2D eigenvalue weighted by Gasteiger charge is -2.08. The minimum absolute atomic E-state index is 0.210. The number of hydrogen-bond acceptors (Lipinski definition) is 4. The highest BCUT2D eigenvalue weighted by molar-refractivity contribution is 5.88. The smallest absolute Gasteiger partial charge is 0.303 e. The maximum absolute atomic E-state index is 10.6. The van der Waals surface area contributed by atoms with Gasteiger partial charge in [-0.3, -0.25) is 4.79 Å². The molecule has 5 rings (SSSR count). The fraction of sp³-hybridized carbons (Fsp3) is 0.212. The van der Waals surface area contributed by atoms with Crippen LogP contribution in [0.1, 0.15) is 36.8 Å². The van der Waals surface area contributed by atoms with Crippen LogP contribution in [0, 0.1) is 13.8 Å². The maximum atomic E-state index is 10.6. The summed E-state index contributed by atoms with van der Waals surface area (Å²) < 4.78 is 12.3. The highest BCUT2D eigenvalue weighted by Crippen LogP contribution is 2.37. The minimum atomic E-state index is -0.748. The Kier molecular flexibility index (Phi) is 7.55. The fourth-order valence-corrected chi connectivity index (χ4v) is 4.44. The van der Waals surface area contributed by atoms with Crippen LogP contribution in [0.4, 0.5) is 0 Å². The van der Waals surface area contributed by atoms with E-state index in [0.29, 0.717) is 18.9 Å². The normalized spacial score (nSPS) is 11.1. The van der Waals surface area contributed by atoms with E-state index in [2.05, 4.69) is 74.5 Å². The Hall–Kier alpha value is -4.38. The Morgan fingerprint density at radius 3 is 2.11 bits per heavy atom. The molecule has 38 heavy (non-hydrogen) atoms. The van der Waals surface area contributed by atoms with Gasteiger partial charge in [-0.15, -0.1) is 0 Å². The van der Waals surface area contributed by atoms with E-state index >= 15 is 0 Å². The number of carboxylic acids is 1. The van der Waals surface area contributed by atoms with Gasteiger partial charge in [0.1, 0.15) is 11.4 Å². The molecule has 1 N–H and O–H groups in total. The standard InChI is InChI=1S/C33H31NO4/c1-22-7-11-24(12-8-22)31-32(25-13-9-23(2)10-14-25)38-33(34-31)28-16-15-27-21-29(18-17-26(27)20-28)37-19-5-3-4-6-30(35)36/h7-18,20-21H,3-6,19H2,1-2H3,(H,35,36). The molecule has 5 aromatic rings. The van der Waals surface area contributed by atoms with Gasteiger partial charge in [-0.05, 0) is 68.1 Å². The van der Waals surface area contributed by atoms with Crippen molar-refractivity contribution in [3.63, 3.8) is 0 Å². The van der Waals surface area contributed by atoms with Crippen LogP contribution in [0.3, 0.4) is 0 Å². The van der Waals surface area contributed by atoms with Crippen molar-refractivity contribution < 1.29 is 19.1 Å². The summed E-state index contributed by atoms with van der Waals surface area (Å²) in [5.41, 5.74) is 6.15. The summed E-state index contributed by atoms with van der Waals surface area (Å²) in [4.78, 5) is 15.6. The molecule has 0 aliphatic heterocycles. The lowest BCUT2D eigenvalue weighted by atomic mass is 10.0. The van der Waals surface area contributed by atoms with Crippen LogP contribution < -0.4 is 4.74 Å². The fourth-order valence-electron chi connectivity index (χ4n) is 4.44. The SMILES string of the molecule is Cc1ccc(-c2nc(-c3ccc4cc(OCCCCCC(=O)O)ccc4c3)oc2-c2ccc(C)cc2)cc1. The van der Waals surface area contributed by atoms with Gasteiger partial charge in [-0.2, -0.15) is 0 Å². The number of carboxylic acid groups (broad SMARTS) is 1. The molecular formula is C33H31NO4. The van der Waals surface area contributed by atoms with Gasteiger partial charge in [0.15, 0.2) is 5.76 Å². The molecule has 0 saturated carbocycles. The number of hydrogen-bond donors (Lipinski definition) is 1. The number of aromatic nitrogens is 1. The van der Waals surface area contributed by atoms with Crippen molar-refractivity contribution in [1.82, 2.24) is 4.98 Å². The second-order valence-corrected chi connectivity index (χ2v) is 9.71. The minimum Gasteiger partial charge on any atom is -0.494 e. The molecule has 4 aromatic carbocycles. The van der Waals surface area contributed by atoms with Gasteiger partial charge in [0.2, 0.25) is 5.89 Å². The molecule has 0 fully saturated rings. The Balaban J connectivity index is 1.39. The van der Waals surface area contributed by atoms with Crippen LogP contribution in [-0.4, -0.2) is 22.7 Å². The molecule has 0 bridgehead atoms. The van der Waals surface area contributed by atoms with Crippen molar-refractivity contribution in [2.75, 3.05) is 6.61 Å². The average Bonchev–Trinajstić information content (AvgIpc) is 3.36. The Morgan fingerprint density at radius 2 is 1.39 bits per heavy atom. The molecule has 5 nitrogen and oxygen atoms in total. The number of ether oxygens (including phenoxy) is 1. The van der Waals surface area contributed by atoms with E-state index < -0.39 is 5.97 Å². The van der Waals surface area contributed by atoms with Crippen molar-refractivity contribution in [3.8, 4) is 39.8 Å². The van der Waals surface area contributed by atoms with E-state index in [-0.39, 0.29) is 6.42 Å². The zero-order valence-corrected chi connectivity index (χ0v) is 21.7. The first kappa shape index (κ1) is 25.3. The van der Waals surface area contributed by atoms with Gasteiger partial charge in [-0.25, -0.2) is 4.98 Å². The quantitative estimate of drug-likeness (QED) is 0.193. The van der Waals surface area contributed by atoms with Gasteiger partial charge >= 0.3 is 5.97 Å². The number of benzene rings is 4. The summed E-state index contributed by atoms with van der Waals surface area (Å²) in [6.07, 6.45) is 2.56. The highest BCUT2D eigenvalue weighted by atomic mass is 16.5. The van der Waals surface area contributed by atoms with Crippen molar-refractivity contribution in [2.24, 2.45) is 0 Å². The molecule has 0 spiro atoms. The van der Waals surface area contributed by atoms with Crippen LogP contribution in [0.25, 0.3) is 44.8 Å². The van der Waals surface area contributed by atoms with Crippen LogP contribution in [-0.2, 0) is 4.79 Å². The maximum Gasteiger partial charge on any atom is 0.303 e. The molecule has 1 heterocycles. The number of fused-ring (bicyclic) bond motifs is 1. The molecule has 0 radical (unpaired) electrons. The first-order valence-corrected chi connectivity index (χ1v) is 13.0. The number of carbonyl (C=O) groups is 1. The zero-order chi connectivity index (χ0) is 26.5. The third kappa shape index (κ3) is 5.94. The molecule has 192 valence electrons. The van der Waals surface area contributed by atoms with Gasteiger partial charge < -0.3 is 14.3 Å². The molecule has 0 aliphatic rings. The van der Waals surface area contributed by atoms with Gasteiger partial charge in [-0.1, -0.05) is 71.8 Å². The molecule has 0 atom stereocenters. The summed E-state index contributed by atoms with van der Waals surface area (Å²) >= 11 is 0. The van der Waals surface area contributed by atoms with Crippen molar-refractivity contribution >= 4 is 16.7 Å². The number of nitrogens with zero attached hydrogens (tertiary/aromatic N) is 1. The average molecular weight is 506 g/mol. The van der Waals surface area contributed by atoms with Crippen LogP contribution in [0.15, 0.2) is 89.3 Å².